The van der Waals surface area contributed by atoms with E-state index in [0.717, 1.165) is 0 Å². The minimum absolute atomic E-state index is 0.220. The van der Waals surface area contributed by atoms with Crippen LogP contribution in [0.3, 0.4) is 0 Å². The van der Waals surface area contributed by atoms with E-state index in [1.54, 1.807) is 0 Å². The van der Waals surface area contributed by atoms with Crippen molar-refractivity contribution in [1.29, 1.82) is 0 Å². The van der Waals surface area contributed by atoms with Gasteiger partial charge in [0.25, 0.3) is 0 Å². The minimum atomic E-state index is -0.373. The molecule has 1 amide bonds. The van der Waals surface area contributed by atoms with Gasteiger partial charge in [-0.05, 0) is 0 Å². The van der Waals surface area contributed by atoms with Gasteiger partial charge in [-0.15, -0.1) is 0 Å². The zero-order chi connectivity index (χ0) is 8.27. The van der Waals surface area contributed by atoms with Crippen LogP contribution in [0.5, 0.6) is 0 Å². The van der Waals surface area contributed by atoms with Gasteiger partial charge in [0.2, 0.25) is 0 Å². The molecule has 0 radical (unpaired) electrons. The highest BCUT2D eigenvalue weighted by Gasteiger charge is 2.20. The lowest BCUT2D eigenvalue weighted by Crippen LogP contribution is -2.37. The molecule has 0 aliphatic carbocycles. The number of carbonyl (C=O) groups excluding carboxylic acids is 2. The summed E-state index contributed by atoms with van der Waals surface area (Å²) in [6.45, 7) is 0.984. The molecule has 0 aromatic heterocycles. The summed E-state index contributed by atoms with van der Waals surface area (Å²) in [7, 11) is 1.90. The van der Waals surface area contributed by atoms with Gasteiger partial charge < -0.3 is 9.42 Å². The third kappa shape index (κ3) is 2.15. The Balaban J connectivity index is 2.39. The zero-order valence-electron chi connectivity index (χ0n) is 6.08. The number of hydrogen-bond acceptors (Lipinski definition) is 3. The van der Waals surface area contributed by atoms with Crippen LogP contribution < -0.4 is 0 Å². The molecule has 1 saturated heterocycles. The van der Waals surface area contributed by atoms with Crippen LogP contribution in [0, 0.1) is 0 Å². The average molecular weight is 175 g/mol. The number of ketones is 1. The number of hydrogen-bond donors (Lipinski definition) is 0. The first kappa shape index (κ1) is 8.47. The first-order valence-electron chi connectivity index (χ1n) is 3.41. The maximum Gasteiger partial charge on any atom is 0.411 e. The van der Waals surface area contributed by atoms with Crippen LogP contribution >= 0.6 is 9.47 Å². The van der Waals surface area contributed by atoms with E-state index in [2.05, 4.69) is 4.52 Å². The summed E-state index contributed by atoms with van der Waals surface area (Å²) in [4.78, 5) is 23.1. The standard InChI is InChI=1S/C6H10NO3P/c8-5-1-3-7(4-2-5)6(9)10-11/h1-4,11H2. The fourth-order valence-corrected chi connectivity index (χ4v) is 1.16. The van der Waals surface area contributed by atoms with E-state index in [4.69, 9.17) is 0 Å². The third-order valence-corrected chi connectivity index (χ3v) is 1.88. The molecule has 0 saturated carbocycles. The Bertz CT molecular complexity index is 173. The summed E-state index contributed by atoms with van der Waals surface area (Å²) in [6, 6.07) is 0. The summed E-state index contributed by atoms with van der Waals surface area (Å²) >= 11 is 0. The van der Waals surface area contributed by atoms with Gasteiger partial charge in [0.1, 0.15) is 5.78 Å². The van der Waals surface area contributed by atoms with Crippen molar-refractivity contribution in [1.82, 2.24) is 4.90 Å². The van der Waals surface area contributed by atoms with Gasteiger partial charge in [0.05, 0.1) is 9.47 Å². The van der Waals surface area contributed by atoms with E-state index >= 15 is 0 Å². The van der Waals surface area contributed by atoms with Crippen LogP contribution in [0.2, 0.25) is 0 Å². The quantitative estimate of drug-likeness (QED) is 0.506. The fourth-order valence-electron chi connectivity index (χ4n) is 1.01. The SMILES string of the molecule is O=C1CCN(C(=O)OP)CC1. The predicted octanol–water partition coefficient (Wildman–Crippen LogP) is 0.578. The van der Waals surface area contributed by atoms with Gasteiger partial charge in [-0.25, -0.2) is 4.79 Å². The highest BCUT2D eigenvalue weighted by Crippen LogP contribution is 2.07. The van der Waals surface area contributed by atoms with Crippen LogP contribution in [0.1, 0.15) is 12.8 Å². The maximum atomic E-state index is 10.8. The lowest BCUT2D eigenvalue weighted by Gasteiger charge is -2.23. The molecule has 0 aromatic rings. The van der Waals surface area contributed by atoms with Crippen LogP contribution in [0.25, 0.3) is 0 Å². The molecule has 1 rings (SSSR count). The summed E-state index contributed by atoms with van der Waals surface area (Å²) in [5.41, 5.74) is 0. The smallest absolute Gasteiger partial charge is 0.411 e. The summed E-state index contributed by atoms with van der Waals surface area (Å²) in [5, 5.41) is 0. The molecule has 1 heterocycles. The second-order valence-corrected chi connectivity index (χ2v) is 2.65. The van der Waals surface area contributed by atoms with Gasteiger partial charge >= 0.3 is 6.09 Å². The van der Waals surface area contributed by atoms with E-state index in [-0.39, 0.29) is 11.9 Å². The van der Waals surface area contributed by atoms with E-state index in [1.807, 2.05) is 9.47 Å². The molecule has 1 fully saturated rings. The second kappa shape index (κ2) is 3.67. The fraction of sp³-hybridized carbons (Fsp3) is 0.667. The van der Waals surface area contributed by atoms with Crippen molar-refractivity contribution < 1.29 is 14.1 Å². The number of likely N-dealkylation sites (tertiary alicyclic amines) is 1. The van der Waals surface area contributed by atoms with Gasteiger partial charge in [0.15, 0.2) is 0 Å². The molecule has 0 bridgehead atoms. The molecule has 0 N–H and O–H groups in total. The van der Waals surface area contributed by atoms with Crippen molar-refractivity contribution in [2.24, 2.45) is 0 Å². The molecular formula is C6H10NO3P. The average Bonchev–Trinajstić information content (AvgIpc) is 2.05. The molecule has 62 valence electrons. The third-order valence-electron chi connectivity index (χ3n) is 1.68. The number of nitrogens with zero attached hydrogens (tertiary/aromatic N) is 1. The van der Waals surface area contributed by atoms with Gasteiger partial charge in [-0.2, -0.15) is 0 Å². The van der Waals surface area contributed by atoms with E-state index < -0.39 is 0 Å². The van der Waals surface area contributed by atoms with Crippen molar-refractivity contribution >= 4 is 21.3 Å². The molecule has 1 atom stereocenters. The molecular weight excluding hydrogens is 165 g/mol. The van der Waals surface area contributed by atoms with Crippen LogP contribution in [0.4, 0.5) is 4.79 Å². The topological polar surface area (TPSA) is 46.6 Å². The Labute approximate surface area is 67.2 Å². The number of piperidine rings is 1. The lowest BCUT2D eigenvalue weighted by atomic mass is 10.1. The van der Waals surface area contributed by atoms with Crippen molar-refractivity contribution in [2.75, 3.05) is 13.1 Å². The monoisotopic (exact) mass is 175 g/mol. The van der Waals surface area contributed by atoms with Gasteiger partial charge in [0, 0.05) is 25.9 Å². The predicted molar refractivity (Wildman–Crippen MR) is 42.0 cm³/mol. The summed E-state index contributed by atoms with van der Waals surface area (Å²) in [5.74, 6) is 0.220. The zero-order valence-corrected chi connectivity index (χ0v) is 7.23. The first-order valence-corrected chi connectivity index (χ1v) is 3.88. The van der Waals surface area contributed by atoms with E-state index in [0.29, 0.717) is 25.9 Å². The number of amides is 1. The Hall–Kier alpha value is -0.630. The Morgan fingerprint density at radius 1 is 1.45 bits per heavy atom. The van der Waals surface area contributed by atoms with Crippen molar-refractivity contribution in [3.63, 3.8) is 0 Å². The van der Waals surface area contributed by atoms with Crippen molar-refractivity contribution in [3.8, 4) is 0 Å². The number of carbonyl (C=O) groups is 2. The van der Waals surface area contributed by atoms with E-state index in [9.17, 15) is 9.59 Å². The van der Waals surface area contributed by atoms with Gasteiger partial charge in [-0.1, -0.05) is 0 Å². The maximum absolute atomic E-state index is 10.8. The Morgan fingerprint density at radius 2 is 2.00 bits per heavy atom. The Morgan fingerprint density at radius 3 is 2.45 bits per heavy atom. The van der Waals surface area contributed by atoms with Crippen molar-refractivity contribution in [3.05, 3.63) is 0 Å². The summed E-state index contributed by atoms with van der Waals surface area (Å²) < 4.78 is 4.42. The van der Waals surface area contributed by atoms with Gasteiger partial charge in [-0.3, -0.25) is 4.79 Å². The molecule has 1 unspecified atom stereocenters. The Kier molecular flexibility index (Phi) is 2.83. The molecule has 0 aromatic carbocycles. The highest BCUT2D eigenvalue weighted by atomic mass is 31.0. The van der Waals surface area contributed by atoms with Crippen LogP contribution in [0.15, 0.2) is 0 Å². The van der Waals surface area contributed by atoms with E-state index in [1.165, 1.54) is 4.90 Å². The molecule has 0 spiro atoms. The van der Waals surface area contributed by atoms with Crippen LogP contribution in [-0.2, 0) is 9.32 Å². The highest BCUT2D eigenvalue weighted by molar-refractivity contribution is 7.10. The molecule has 5 heteroatoms. The van der Waals surface area contributed by atoms with Crippen molar-refractivity contribution in [2.45, 2.75) is 12.8 Å². The molecule has 11 heavy (non-hydrogen) atoms. The molecule has 1 aliphatic rings. The summed E-state index contributed by atoms with van der Waals surface area (Å²) in [6.07, 6.45) is 0.544. The molecule has 4 nitrogen and oxygen atoms in total. The largest absolute Gasteiger partial charge is 0.435 e. The second-order valence-electron chi connectivity index (χ2n) is 2.41. The lowest BCUT2D eigenvalue weighted by molar-refractivity contribution is -0.120. The van der Waals surface area contributed by atoms with Crippen LogP contribution in [-0.4, -0.2) is 29.9 Å². The number of rotatable bonds is 0. The minimum Gasteiger partial charge on any atom is -0.435 e. The molecule has 1 aliphatic heterocycles. The first-order chi connectivity index (χ1) is 5.24. The number of Topliss-reactive ketones (excluding diaryl/α,β-unsaturated/α-hetero) is 1. The normalized spacial score (nSPS) is 18.3.